The summed E-state index contributed by atoms with van der Waals surface area (Å²) in [6.07, 6.45) is 4.19. The van der Waals surface area contributed by atoms with Gasteiger partial charge in [-0.05, 0) is 56.7 Å². The van der Waals surface area contributed by atoms with Crippen LogP contribution < -0.4 is 5.32 Å². The zero-order chi connectivity index (χ0) is 12.7. The molecule has 1 atom stereocenters. The van der Waals surface area contributed by atoms with Crippen molar-refractivity contribution in [2.45, 2.75) is 47.0 Å². The van der Waals surface area contributed by atoms with Gasteiger partial charge in [-0.15, -0.1) is 0 Å². The molecule has 0 unspecified atom stereocenters. The van der Waals surface area contributed by atoms with E-state index in [9.17, 15) is 0 Å². The SMILES string of the molecule is CC(C)CN(CC[C@@H]1CCCNC1)CC(C)C. The molecule has 1 fully saturated rings. The van der Waals surface area contributed by atoms with Crippen molar-refractivity contribution in [2.24, 2.45) is 17.8 Å². The fourth-order valence-electron chi connectivity index (χ4n) is 2.83. The Labute approximate surface area is 108 Å². The second kappa shape index (κ2) is 8.10. The topological polar surface area (TPSA) is 15.3 Å². The van der Waals surface area contributed by atoms with Gasteiger partial charge in [0.15, 0.2) is 0 Å². The summed E-state index contributed by atoms with van der Waals surface area (Å²) in [4.78, 5) is 2.67. The quantitative estimate of drug-likeness (QED) is 0.736. The van der Waals surface area contributed by atoms with Crippen LogP contribution in [0.25, 0.3) is 0 Å². The van der Waals surface area contributed by atoms with Crippen molar-refractivity contribution in [3.63, 3.8) is 0 Å². The van der Waals surface area contributed by atoms with Crippen molar-refractivity contribution in [2.75, 3.05) is 32.7 Å². The molecule has 0 aliphatic carbocycles. The summed E-state index contributed by atoms with van der Waals surface area (Å²) in [7, 11) is 0. The Kier molecular flexibility index (Phi) is 7.14. The monoisotopic (exact) mass is 240 g/mol. The third-order valence-corrected chi connectivity index (χ3v) is 3.50. The molecule has 17 heavy (non-hydrogen) atoms. The lowest BCUT2D eigenvalue weighted by molar-refractivity contribution is 0.197. The highest BCUT2D eigenvalue weighted by Gasteiger charge is 2.15. The summed E-state index contributed by atoms with van der Waals surface area (Å²) in [5, 5.41) is 3.52. The summed E-state index contributed by atoms with van der Waals surface area (Å²) in [6.45, 7) is 15.6. The fourth-order valence-corrected chi connectivity index (χ4v) is 2.83. The van der Waals surface area contributed by atoms with Gasteiger partial charge in [0, 0.05) is 13.1 Å². The molecule has 0 bridgehead atoms. The Balaban J connectivity index is 2.26. The number of nitrogens with one attached hydrogen (secondary N) is 1. The Hall–Kier alpha value is -0.0800. The van der Waals surface area contributed by atoms with E-state index in [2.05, 4.69) is 37.9 Å². The molecule has 1 rings (SSSR count). The first-order valence-corrected chi connectivity index (χ1v) is 7.51. The van der Waals surface area contributed by atoms with Crippen LogP contribution in [-0.2, 0) is 0 Å². The Morgan fingerprint density at radius 1 is 1.12 bits per heavy atom. The van der Waals surface area contributed by atoms with Crippen molar-refractivity contribution >= 4 is 0 Å². The second-order valence-electron chi connectivity index (χ2n) is 6.55. The van der Waals surface area contributed by atoms with Crippen LogP contribution in [0.4, 0.5) is 0 Å². The van der Waals surface area contributed by atoms with Crippen LogP contribution in [0.2, 0.25) is 0 Å². The summed E-state index contributed by atoms with van der Waals surface area (Å²) in [6, 6.07) is 0. The molecule has 0 spiro atoms. The lowest BCUT2D eigenvalue weighted by Gasteiger charge is -2.29. The highest BCUT2D eigenvalue weighted by atomic mass is 15.1. The van der Waals surface area contributed by atoms with Crippen molar-refractivity contribution in [3.8, 4) is 0 Å². The summed E-state index contributed by atoms with van der Waals surface area (Å²) in [5.74, 6) is 2.50. The normalized spacial score (nSPS) is 21.7. The number of rotatable bonds is 7. The van der Waals surface area contributed by atoms with Gasteiger partial charge >= 0.3 is 0 Å². The van der Waals surface area contributed by atoms with Gasteiger partial charge in [0.05, 0.1) is 0 Å². The van der Waals surface area contributed by atoms with E-state index in [0.29, 0.717) is 0 Å². The van der Waals surface area contributed by atoms with E-state index in [1.807, 2.05) is 0 Å². The minimum absolute atomic E-state index is 0.790. The number of nitrogens with zero attached hydrogens (tertiary/aromatic N) is 1. The molecule has 1 aliphatic rings. The Morgan fingerprint density at radius 3 is 2.24 bits per heavy atom. The molecular weight excluding hydrogens is 208 g/mol. The number of hydrogen-bond donors (Lipinski definition) is 1. The lowest BCUT2D eigenvalue weighted by atomic mass is 9.95. The van der Waals surface area contributed by atoms with Crippen LogP contribution in [0.3, 0.4) is 0 Å². The van der Waals surface area contributed by atoms with E-state index in [1.165, 1.54) is 52.0 Å². The smallest absolute Gasteiger partial charge is 0.000450 e. The van der Waals surface area contributed by atoms with Gasteiger partial charge in [0.25, 0.3) is 0 Å². The molecule has 0 amide bonds. The van der Waals surface area contributed by atoms with Crippen molar-refractivity contribution in [1.29, 1.82) is 0 Å². The largest absolute Gasteiger partial charge is 0.316 e. The minimum atomic E-state index is 0.790. The summed E-state index contributed by atoms with van der Waals surface area (Å²) in [5.41, 5.74) is 0. The predicted molar refractivity (Wildman–Crippen MR) is 76.3 cm³/mol. The molecule has 0 aromatic carbocycles. The second-order valence-corrected chi connectivity index (χ2v) is 6.55. The maximum Gasteiger partial charge on any atom is 0.000450 e. The minimum Gasteiger partial charge on any atom is -0.316 e. The molecule has 0 saturated carbocycles. The maximum absolute atomic E-state index is 3.52. The standard InChI is InChI=1S/C15H32N2/c1-13(2)11-17(12-14(3)4)9-7-15-6-5-8-16-10-15/h13-16H,5-12H2,1-4H3/t15-/m0/s1. The van der Waals surface area contributed by atoms with Gasteiger partial charge in [-0.3, -0.25) is 0 Å². The van der Waals surface area contributed by atoms with Crippen LogP contribution in [0.1, 0.15) is 47.0 Å². The van der Waals surface area contributed by atoms with Gasteiger partial charge in [-0.2, -0.15) is 0 Å². The average molecular weight is 240 g/mol. The van der Waals surface area contributed by atoms with Crippen LogP contribution in [0.5, 0.6) is 0 Å². The molecule has 0 aromatic rings. The highest BCUT2D eigenvalue weighted by Crippen LogP contribution is 2.15. The fraction of sp³-hybridized carbons (Fsp3) is 1.00. The first-order valence-electron chi connectivity index (χ1n) is 7.51. The highest BCUT2D eigenvalue weighted by molar-refractivity contribution is 4.71. The molecule has 2 nitrogen and oxygen atoms in total. The van der Waals surface area contributed by atoms with Gasteiger partial charge in [-0.25, -0.2) is 0 Å². The van der Waals surface area contributed by atoms with Crippen molar-refractivity contribution in [3.05, 3.63) is 0 Å². The van der Waals surface area contributed by atoms with Crippen LogP contribution in [0, 0.1) is 17.8 Å². The average Bonchev–Trinajstić information content (AvgIpc) is 2.26. The molecular formula is C15H32N2. The van der Waals surface area contributed by atoms with E-state index < -0.39 is 0 Å². The maximum atomic E-state index is 3.52. The zero-order valence-electron chi connectivity index (χ0n) is 12.3. The molecule has 1 saturated heterocycles. The molecule has 1 heterocycles. The van der Waals surface area contributed by atoms with E-state index in [-0.39, 0.29) is 0 Å². The van der Waals surface area contributed by atoms with E-state index in [1.54, 1.807) is 0 Å². The molecule has 0 aromatic heterocycles. The lowest BCUT2D eigenvalue weighted by Crippen LogP contribution is -2.36. The molecule has 1 aliphatic heterocycles. The van der Waals surface area contributed by atoms with Gasteiger partial charge < -0.3 is 10.2 Å². The summed E-state index contributed by atoms with van der Waals surface area (Å²) >= 11 is 0. The zero-order valence-corrected chi connectivity index (χ0v) is 12.3. The third kappa shape index (κ3) is 7.05. The van der Waals surface area contributed by atoms with Crippen LogP contribution in [-0.4, -0.2) is 37.6 Å². The Morgan fingerprint density at radius 2 is 1.76 bits per heavy atom. The number of hydrogen-bond acceptors (Lipinski definition) is 2. The van der Waals surface area contributed by atoms with Crippen LogP contribution >= 0.6 is 0 Å². The van der Waals surface area contributed by atoms with E-state index in [4.69, 9.17) is 0 Å². The summed E-state index contributed by atoms with van der Waals surface area (Å²) < 4.78 is 0. The van der Waals surface area contributed by atoms with Gasteiger partial charge in [0.2, 0.25) is 0 Å². The molecule has 1 N–H and O–H groups in total. The van der Waals surface area contributed by atoms with Crippen LogP contribution in [0.15, 0.2) is 0 Å². The van der Waals surface area contributed by atoms with Crippen molar-refractivity contribution < 1.29 is 0 Å². The molecule has 2 heteroatoms. The molecule has 0 radical (unpaired) electrons. The van der Waals surface area contributed by atoms with Crippen molar-refractivity contribution in [1.82, 2.24) is 10.2 Å². The Bertz CT molecular complexity index is 173. The van der Waals surface area contributed by atoms with E-state index >= 15 is 0 Å². The first kappa shape index (κ1) is 15.0. The predicted octanol–water partition coefficient (Wildman–Crippen LogP) is 2.99. The number of piperidine rings is 1. The third-order valence-electron chi connectivity index (χ3n) is 3.50. The van der Waals surface area contributed by atoms with E-state index in [0.717, 1.165) is 17.8 Å². The molecule has 102 valence electrons. The first-order chi connectivity index (χ1) is 8.08. The van der Waals surface area contributed by atoms with Gasteiger partial charge in [0.1, 0.15) is 0 Å². The van der Waals surface area contributed by atoms with Gasteiger partial charge in [-0.1, -0.05) is 27.7 Å².